The maximum atomic E-state index is 3.43. The summed E-state index contributed by atoms with van der Waals surface area (Å²) in [5.74, 6) is 2.00. The predicted octanol–water partition coefficient (Wildman–Crippen LogP) is 1.33. The predicted molar refractivity (Wildman–Crippen MR) is 55.8 cm³/mol. The molecule has 2 aliphatic heterocycles. The second-order valence-electron chi connectivity index (χ2n) is 4.69. The Morgan fingerprint density at radius 1 is 1.15 bits per heavy atom. The molecule has 2 heterocycles. The van der Waals surface area contributed by atoms with Crippen LogP contribution in [0.2, 0.25) is 0 Å². The van der Waals surface area contributed by atoms with Crippen LogP contribution in [0.5, 0.6) is 0 Å². The van der Waals surface area contributed by atoms with Gasteiger partial charge in [-0.1, -0.05) is 13.3 Å². The number of nitrogens with one attached hydrogen (secondary N) is 1. The van der Waals surface area contributed by atoms with Gasteiger partial charge in [0.05, 0.1) is 0 Å². The second kappa shape index (κ2) is 4.43. The summed E-state index contributed by atoms with van der Waals surface area (Å²) in [5.41, 5.74) is 0. The van der Waals surface area contributed by atoms with Crippen LogP contribution in [0.3, 0.4) is 0 Å². The topological polar surface area (TPSA) is 15.3 Å². The normalized spacial score (nSPS) is 27.5. The maximum absolute atomic E-state index is 3.43. The largest absolute Gasteiger partial charge is 0.317 e. The van der Waals surface area contributed by atoms with Gasteiger partial charge in [0.1, 0.15) is 0 Å². The molecule has 0 aromatic rings. The van der Waals surface area contributed by atoms with Crippen molar-refractivity contribution in [3.8, 4) is 0 Å². The molecule has 0 saturated carbocycles. The third-order valence-corrected chi connectivity index (χ3v) is 3.59. The van der Waals surface area contributed by atoms with Crippen LogP contribution in [-0.4, -0.2) is 37.6 Å². The Morgan fingerprint density at radius 2 is 1.85 bits per heavy atom. The summed E-state index contributed by atoms with van der Waals surface area (Å²) in [6.45, 7) is 8.93. The Bertz CT molecular complexity index is 146. The lowest BCUT2D eigenvalue weighted by atomic mass is 9.92. The number of rotatable bonds is 3. The van der Waals surface area contributed by atoms with Gasteiger partial charge in [0.2, 0.25) is 0 Å². The average molecular weight is 182 g/mol. The van der Waals surface area contributed by atoms with Gasteiger partial charge in [-0.05, 0) is 37.8 Å². The van der Waals surface area contributed by atoms with Gasteiger partial charge in [-0.2, -0.15) is 0 Å². The zero-order valence-electron chi connectivity index (χ0n) is 8.76. The lowest BCUT2D eigenvalue weighted by molar-refractivity contribution is 0.0726. The van der Waals surface area contributed by atoms with Crippen molar-refractivity contribution in [1.82, 2.24) is 10.2 Å². The fourth-order valence-electron chi connectivity index (χ4n) is 2.51. The lowest BCUT2D eigenvalue weighted by Gasteiger charge is -2.41. The van der Waals surface area contributed by atoms with Crippen molar-refractivity contribution in [2.75, 3.05) is 32.7 Å². The van der Waals surface area contributed by atoms with E-state index in [0.717, 1.165) is 11.8 Å². The first-order chi connectivity index (χ1) is 6.38. The fourth-order valence-corrected chi connectivity index (χ4v) is 2.51. The quantitative estimate of drug-likeness (QED) is 0.708. The first kappa shape index (κ1) is 9.47. The van der Waals surface area contributed by atoms with Crippen molar-refractivity contribution in [2.24, 2.45) is 11.8 Å². The highest BCUT2D eigenvalue weighted by atomic mass is 15.2. The highest BCUT2D eigenvalue weighted by molar-refractivity contribution is 4.81. The molecule has 0 spiro atoms. The SMILES string of the molecule is CCC1CN(CC2CCNCC2)C1. The summed E-state index contributed by atoms with van der Waals surface area (Å²) >= 11 is 0. The minimum atomic E-state index is 0.985. The molecule has 0 aliphatic carbocycles. The molecular formula is C11H22N2. The summed E-state index contributed by atoms with van der Waals surface area (Å²) < 4.78 is 0. The molecule has 2 fully saturated rings. The Labute approximate surface area is 81.7 Å². The minimum absolute atomic E-state index is 0.985. The van der Waals surface area contributed by atoms with Gasteiger partial charge in [0.15, 0.2) is 0 Å². The van der Waals surface area contributed by atoms with E-state index in [1.54, 1.807) is 0 Å². The van der Waals surface area contributed by atoms with Crippen molar-refractivity contribution in [2.45, 2.75) is 26.2 Å². The second-order valence-corrected chi connectivity index (χ2v) is 4.69. The van der Waals surface area contributed by atoms with E-state index >= 15 is 0 Å². The molecule has 2 rings (SSSR count). The molecule has 0 atom stereocenters. The molecule has 0 aromatic heterocycles. The molecule has 0 bridgehead atoms. The van der Waals surface area contributed by atoms with Gasteiger partial charge in [0, 0.05) is 19.6 Å². The molecule has 0 amide bonds. The first-order valence-electron chi connectivity index (χ1n) is 5.81. The zero-order chi connectivity index (χ0) is 9.10. The molecule has 2 nitrogen and oxygen atoms in total. The van der Waals surface area contributed by atoms with Crippen molar-refractivity contribution < 1.29 is 0 Å². The van der Waals surface area contributed by atoms with Crippen LogP contribution in [0.25, 0.3) is 0 Å². The molecular weight excluding hydrogens is 160 g/mol. The number of likely N-dealkylation sites (tertiary alicyclic amines) is 1. The Kier molecular flexibility index (Phi) is 3.23. The van der Waals surface area contributed by atoms with Crippen LogP contribution in [0.1, 0.15) is 26.2 Å². The van der Waals surface area contributed by atoms with Crippen molar-refractivity contribution in [1.29, 1.82) is 0 Å². The van der Waals surface area contributed by atoms with E-state index in [2.05, 4.69) is 17.1 Å². The van der Waals surface area contributed by atoms with Crippen LogP contribution in [0, 0.1) is 11.8 Å². The molecule has 13 heavy (non-hydrogen) atoms. The molecule has 0 aromatic carbocycles. The van der Waals surface area contributed by atoms with Crippen LogP contribution in [0.4, 0.5) is 0 Å². The van der Waals surface area contributed by atoms with Crippen molar-refractivity contribution in [3.05, 3.63) is 0 Å². The van der Waals surface area contributed by atoms with E-state index in [1.807, 2.05) is 0 Å². The molecule has 2 heteroatoms. The highest BCUT2D eigenvalue weighted by Crippen LogP contribution is 2.22. The molecule has 2 saturated heterocycles. The van der Waals surface area contributed by atoms with E-state index in [1.165, 1.54) is 52.0 Å². The number of piperidine rings is 1. The van der Waals surface area contributed by atoms with Gasteiger partial charge in [-0.15, -0.1) is 0 Å². The zero-order valence-corrected chi connectivity index (χ0v) is 8.76. The average Bonchev–Trinajstić information content (AvgIpc) is 2.12. The van der Waals surface area contributed by atoms with E-state index in [0.29, 0.717) is 0 Å². The van der Waals surface area contributed by atoms with Gasteiger partial charge >= 0.3 is 0 Å². The van der Waals surface area contributed by atoms with Crippen LogP contribution < -0.4 is 5.32 Å². The minimum Gasteiger partial charge on any atom is -0.317 e. The van der Waals surface area contributed by atoms with Gasteiger partial charge in [0.25, 0.3) is 0 Å². The Balaban J connectivity index is 1.62. The maximum Gasteiger partial charge on any atom is 0.00220 e. The van der Waals surface area contributed by atoms with E-state index < -0.39 is 0 Å². The molecule has 76 valence electrons. The highest BCUT2D eigenvalue weighted by Gasteiger charge is 2.27. The summed E-state index contributed by atoms with van der Waals surface area (Å²) in [5, 5.41) is 3.43. The Morgan fingerprint density at radius 3 is 2.46 bits per heavy atom. The van der Waals surface area contributed by atoms with Crippen LogP contribution in [0.15, 0.2) is 0 Å². The standard InChI is InChI=1S/C11H22N2/c1-2-10-7-13(8-10)9-11-3-5-12-6-4-11/h10-12H,2-9H2,1H3. The van der Waals surface area contributed by atoms with E-state index in [-0.39, 0.29) is 0 Å². The third-order valence-electron chi connectivity index (χ3n) is 3.59. The van der Waals surface area contributed by atoms with Crippen LogP contribution in [-0.2, 0) is 0 Å². The number of hydrogen-bond acceptors (Lipinski definition) is 2. The lowest BCUT2D eigenvalue weighted by Crippen LogP contribution is -2.49. The third kappa shape index (κ3) is 2.44. The van der Waals surface area contributed by atoms with E-state index in [9.17, 15) is 0 Å². The molecule has 2 aliphatic rings. The smallest absolute Gasteiger partial charge is 0.00220 e. The van der Waals surface area contributed by atoms with Crippen LogP contribution >= 0.6 is 0 Å². The first-order valence-corrected chi connectivity index (χ1v) is 5.81. The summed E-state index contributed by atoms with van der Waals surface area (Å²) in [6, 6.07) is 0. The number of hydrogen-bond donors (Lipinski definition) is 1. The van der Waals surface area contributed by atoms with E-state index in [4.69, 9.17) is 0 Å². The fraction of sp³-hybridized carbons (Fsp3) is 1.00. The Hall–Kier alpha value is -0.0800. The molecule has 0 radical (unpaired) electrons. The molecule has 1 N–H and O–H groups in total. The van der Waals surface area contributed by atoms with Gasteiger partial charge < -0.3 is 10.2 Å². The van der Waals surface area contributed by atoms with Crippen molar-refractivity contribution >= 4 is 0 Å². The monoisotopic (exact) mass is 182 g/mol. The van der Waals surface area contributed by atoms with Gasteiger partial charge in [-0.3, -0.25) is 0 Å². The summed E-state index contributed by atoms with van der Waals surface area (Å²) in [4.78, 5) is 2.64. The summed E-state index contributed by atoms with van der Waals surface area (Å²) in [7, 11) is 0. The summed E-state index contributed by atoms with van der Waals surface area (Å²) in [6.07, 6.45) is 4.17. The van der Waals surface area contributed by atoms with Gasteiger partial charge in [-0.25, -0.2) is 0 Å². The molecule has 0 unspecified atom stereocenters. The number of nitrogens with zero attached hydrogens (tertiary/aromatic N) is 1. The van der Waals surface area contributed by atoms with Crippen molar-refractivity contribution in [3.63, 3.8) is 0 Å².